The summed E-state index contributed by atoms with van der Waals surface area (Å²) in [5.41, 5.74) is 19.1. The maximum absolute atomic E-state index is 9.49. The molecule has 2 atom stereocenters. The molecule has 4 heteroatoms. The summed E-state index contributed by atoms with van der Waals surface area (Å²) >= 11 is -5.69. The average molecular weight is 922 g/mol. The van der Waals surface area contributed by atoms with Crippen molar-refractivity contribution in [3.63, 3.8) is 0 Å². The van der Waals surface area contributed by atoms with Crippen LogP contribution in [0.2, 0.25) is 0 Å². The Kier molecular flexibility index (Phi) is 11.6. The van der Waals surface area contributed by atoms with E-state index in [1.54, 1.807) is 0 Å². The van der Waals surface area contributed by atoms with Crippen LogP contribution in [0.4, 0.5) is 0 Å². The van der Waals surface area contributed by atoms with Crippen molar-refractivity contribution in [2.45, 2.75) is 87.3 Å². The van der Waals surface area contributed by atoms with Crippen molar-refractivity contribution in [3.8, 4) is 33.4 Å². The molecule has 2 aliphatic carbocycles. The van der Waals surface area contributed by atoms with Crippen LogP contribution in [0, 0.1) is 11.8 Å². The van der Waals surface area contributed by atoms with Gasteiger partial charge in [-0.15, -0.1) is 0 Å². The van der Waals surface area contributed by atoms with Gasteiger partial charge in [-0.1, -0.05) is 0 Å². The summed E-state index contributed by atoms with van der Waals surface area (Å²) in [6, 6.07) is 48.2. The third kappa shape index (κ3) is 6.97. The Morgan fingerprint density at radius 1 is 0.533 bits per heavy atom. The molecule has 0 radical (unpaired) electrons. The van der Waals surface area contributed by atoms with Crippen LogP contribution in [0.3, 0.4) is 0 Å². The monoisotopic (exact) mass is 919 g/mol. The molecule has 9 rings (SSSR count). The van der Waals surface area contributed by atoms with E-state index in [1.165, 1.54) is 91.6 Å². The van der Waals surface area contributed by atoms with Crippen LogP contribution in [-0.2, 0) is 29.2 Å². The molecule has 0 fully saturated rings. The van der Waals surface area contributed by atoms with E-state index in [4.69, 9.17) is 0 Å². The number of aryl methyl sites for hydroxylation is 2. The fraction of sp³-hybridized carbons (Fsp3) is 0.286. The van der Waals surface area contributed by atoms with Crippen LogP contribution in [0.5, 0.6) is 0 Å². The molecular formula is C56H59Cl2SiZr. The van der Waals surface area contributed by atoms with Crippen molar-refractivity contribution < 1.29 is 16.4 Å². The first-order chi connectivity index (χ1) is 29.0. The minimum atomic E-state index is -5.69. The van der Waals surface area contributed by atoms with E-state index < -0.39 is 25.9 Å². The van der Waals surface area contributed by atoms with Crippen molar-refractivity contribution in [2.24, 2.45) is 11.8 Å². The van der Waals surface area contributed by atoms with E-state index in [-0.39, 0.29) is 7.25 Å². The van der Waals surface area contributed by atoms with Gasteiger partial charge >= 0.3 is 373 Å². The summed E-state index contributed by atoms with van der Waals surface area (Å²) in [6.45, 7) is 14.1. The van der Waals surface area contributed by atoms with Gasteiger partial charge in [0.05, 0.1) is 0 Å². The molecule has 0 amide bonds. The molecule has 6 aromatic rings. The van der Waals surface area contributed by atoms with Gasteiger partial charge in [-0.3, -0.25) is 0 Å². The Balaban J connectivity index is 1.40. The fourth-order valence-electron chi connectivity index (χ4n) is 11.6. The average Bonchev–Trinajstić information content (AvgIpc) is 3.93. The van der Waals surface area contributed by atoms with Crippen LogP contribution < -0.4 is 13.6 Å². The molecule has 6 aromatic carbocycles. The minimum absolute atomic E-state index is 0.0865. The zero-order valence-electron chi connectivity index (χ0n) is 36.3. The molecule has 2 unspecified atom stereocenters. The molecule has 0 saturated heterocycles. The molecule has 0 bridgehead atoms. The number of fused-ring (bicyclic) bond motifs is 5. The Hall–Kier alpha value is -3.52. The first-order valence-corrected chi connectivity index (χ1v) is 34.5. The van der Waals surface area contributed by atoms with E-state index in [2.05, 4.69) is 181 Å². The number of rotatable bonds is 13. The van der Waals surface area contributed by atoms with Crippen molar-refractivity contribution >= 4 is 52.3 Å². The summed E-state index contributed by atoms with van der Waals surface area (Å²) in [7, 11) is 18.1. The molecule has 3 aliphatic rings. The number of halogens is 2. The molecule has 0 nitrogen and oxygen atoms in total. The number of hydrogen-bond donors (Lipinski definition) is 0. The molecular weight excluding hydrogens is 863 g/mol. The Morgan fingerprint density at radius 2 is 1.00 bits per heavy atom. The summed E-state index contributed by atoms with van der Waals surface area (Å²) < 4.78 is 1.14. The fourth-order valence-corrected chi connectivity index (χ4v) is 39.4. The first kappa shape index (κ1) is 41.8. The molecule has 0 saturated carbocycles. The molecule has 305 valence electrons. The molecule has 0 aromatic heterocycles. The molecule has 1 aliphatic heterocycles. The van der Waals surface area contributed by atoms with Crippen LogP contribution in [0.25, 0.3) is 45.5 Å². The molecule has 1 heterocycles. The van der Waals surface area contributed by atoms with Crippen molar-refractivity contribution in [1.29, 1.82) is 0 Å². The van der Waals surface area contributed by atoms with Crippen LogP contribution in [0.1, 0.15) is 108 Å². The number of allylic oxidation sites excluding steroid dienone is 2. The summed E-state index contributed by atoms with van der Waals surface area (Å²) in [5, 5.41) is 2.99. The first-order valence-electron chi connectivity index (χ1n) is 22.6. The van der Waals surface area contributed by atoms with E-state index in [0.29, 0.717) is 11.8 Å². The maximum atomic E-state index is 9.49. The van der Waals surface area contributed by atoms with Gasteiger partial charge in [0.25, 0.3) is 0 Å². The van der Waals surface area contributed by atoms with E-state index >= 15 is 0 Å². The van der Waals surface area contributed by atoms with Gasteiger partial charge in [-0.25, -0.2) is 0 Å². The Labute approximate surface area is 370 Å². The van der Waals surface area contributed by atoms with E-state index in [1.807, 2.05) is 0 Å². The van der Waals surface area contributed by atoms with Gasteiger partial charge in [0.1, 0.15) is 0 Å². The van der Waals surface area contributed by atoms with Gasteiger partial charge in [-0.2, -0.15) is 0 Å². The molecule has 0 N–H and O–H groups in total. The predicted molar refractivity (Wildman–Crippen MR) is 263 cm³/mol. The van der Waals surface area contributed by atoms with Crippen LogP contribution >= 0.6 is 17.0 Å². The Morgan fingerprint density at radius 3 is 1.48 bits per heavy atom. The van der Waals surface area contributed by atoms with Gasteiger partial charge in [0.2, 0.25) is 0 Å². The second-order valence-electron chi connectivity index (χ2n) is 18.8. The van der Waals surface area contributed by atoms with Gasteiger partial charge < -0.3 is 0 Å². The van der Waals surface area contributed by atoms with E-state index in [0.717, 1.165) is 38.5 Å². The van der Waals surface area contributed by atoms with E-state index in [9.17, 15) is 17.0 Å². The standard InChI is InChI=1S/2C22H25.C12H9Si.2ClH.Zr/c2*1-4-8-18-11-12-20-14-17(13-16(2)3)15-21(20)22(18)19-9-6-5-7-10-19;1-3-7-11-9(5-1)10-6-2-4-8-12(10)13-11;;;/h2*5-7,9-12,14-16H,4,8,13H2,1-3H3;1-7H,13H2;2*1H;/q;;;;;+2/p-2. The van der Waals surface area contributed by atoms with Gasteiger partial charge in [0.15, 0.2) is 0 Å². The van der Waals surface area contributed by atoms with Gasteiger partial charge in [-0.05, 0) is 0 Å². The summed E-state index contributed by atoms with van der Waals surface area (Å²) in [5.74, 6) is 0.886. The van der Waals surface area contributed by atoms with Crippen molar-refractivity contribution in [1.82, 2.24) is 0 Å². The molecule has 0 spiro atoms. The van der Waals surface area contributed by atoms with Crippen LogP contribution in [-0.4, -0.2) is 9.52 Å². The second-order valence-corrected chi connectivity index (χ2v) is 41.2. The van der Waals surface area contributed by atoms with Crippen molar-refractivity contribution in [2.75, 3.05) is 0 Å². The summed E-state index contributed by atoms with van der Waals surface area (Å²) in [6.07, 6.45) is 11.3. The SMILES string of the molecule is CCCc1ccc2c(c1-c1ccccc1)C=C(CC(C)C)[CH]2[Zr]([Cl])([Cl])([c]1cccc2c1[SiH2]c1ccccc1-2)[CH]1C(CC(C)C)=Cc2c1ccc(CCC)c2-c1ccccc1. The normalized spacial score (nSPS) is 17.6. The van der Waals surface area contributed by atoms with Crippen molar-refractivity contribution in [3.05, 3.63) is 172 Å². The number of hydrogen-bond acceptors (Lipinski definition) is 0. The number of benzene rings is 6. The van der Waals surface area contributed by atoms with Gasteiger partial charge in [0, 0.05) is 0 Å². The quantitative estimate of drug-likeness (QED) is 0.101. The Bertz CT molecular complexity index is 2520. The third-order valence-electron chi connectivity index (χ3n) is 13.6. The zero-order valence-corrected chi connectivity index (χ0v) is 41.7. The zero-order chi connectivity index (χ0) is 41.8. The summed E-state index contributed by atoms with van der Waals surface area (Å²) in [4.78, 5) is 0. The predicted octanol–water partition coefficient (Wildman–Crippen LogP) is 14.0. The topological polar surface area (TPSA) is 0 Å². The third-order valence-corrected chi connectivity index (χ3v) is 36.4. The second kappa shape index (κ2) is 16.6. The van der Waals surface area contributed by atoms with Crippen LogP contribution in [0.15, 0.2) is 139 Å². The molecule has 60 heavy (non-hydrogen) atoms.